The van der Waals surface area contributed by atoms with E-state index in [1.165, 1.54) is 6.08 Å². The molecule has 1 aromatic rings. The van der Waals surface area contributed by atoms with Gasteiger partial charge in [-0.3, -0.25) is 0 Å². The number of esters is 1. The third-order valence-corrected chi connectivity index (χ3v) is 2.02. The smallest absolute Gasteiger partial charge is 0.327 e. The minimum atomic E-state index is -0.436. The van der Waals surface area contributed by atoms with Crippen LogP contribution in [-0.2, 0) is 16.1 Å². The summed E-state index contributed by atoms with van der Waals surface area (Å²) in [5.41, 5.74) is 0.977. The fraction of sp³-hybridized carbons (Fsp3) is 0.250. The minimum absolute atomic E-state index is 0.297. The summed E-state index contributed by atoms with van der Waals surface area (Å²) in [6.45, 7) is 3.84. The molecule has 0 unspecified atom stereocenters. The van der Waals surface area contributed by atoms with Gasteiger partial charge in [0, 0.05) is 0 Å². The van der Waals surface area contributed by atoms with Crippen LogP contribution in [0.4, 0.5) is 0 Å². The van der Waals surface area contributed by atoms with Gasteiger partial charge in [-0.2, -0.15) is 0 Å². The van der Waals surface area contributed by atoms with Crippen molar-refractivity contribution in [3.05, 3.63) is 48.6 Å². The normalized spacial score (nSPS) is 11.8. The maximum absolute atomic E-state index is 11.4. The molecule has 0 amide bonds. The molecule has 0 saturated heterocycles. The van der Waals surface area contributed by atoms with Crippen molar-refractivity contribution in [3.8, 4) is 0 Å². The maximum Gasteiger partial charge on any atom is 0.327 e. The summed E-state index contributed by atoms with van der Waals surface area (Å²) in [6.07, 6.45) is 1.52. The standard InChI is InChI=1S/C12H15NO2/c1-3-11(13-2)12(14)15-9-10-7-5-4-6-8-10/h3-8,11,13H,1,9H2,2H3/t11-/m0/s1. The van der Waals surface area contributed by atoms with Crippen LogP contribution in [0.5, 0.6) is 0 Å². The number of benzene rings is 1. The van der Waals surface area contributed by atoms with Crippen LogP contribution < -0.4 is 5.32 Å². The van der Waals surface area contributed by atoms with Crippen molar-refractivity contribution < 1.29 is 9.53 Å². The Labute approximate surface area is 89.8 Å². The molecule has 0 aliphatic carbocycles. The Balaban J connectivity index is 2.44. The summed E-state index contributed by atoms with van der Waals surface area (Å²) in [5.74, 6) is -0.309. The van der Waals surface area contributed by atoms with Crippen LogP contribution in [0.2, 0.25) is 0 Å². The highest BCUT2D eigenvalue weighted by molar-refractivity contribution is 5.77. The average molecular weight is 205 g/mol. The summed E-state index contributed by atoms with van der Waals surface area (Å²) in [5, 5.41) is 2.80. The number of carbonyl (C=O) groups excluding carboxylic acids is 1. The number of carbonyl (C=O) groups is 1. The second-order valence-corrected chi connectivity index (χ2v) is 3.10. The first kappa shape index (κ1) is 11.5. The van der Waals surface area contributed by atoms with E-state index in [1.807, 2.05) is 30.3 Å². The Kier molecular flexibility index (Phi) is 4.57. The summed E-state index contributed by atoms with van der Waals surface area (Å²) in [7, 11) is 1.69. The molecule has 0 spiro atoms. The number of likely N-dealkylation sites (N-methyl/N-ethyl adjacent to an activating group) is 1. The molecule has 1 aromatic carbocycles. The summed E-state index contributed by atoms with van der Waals surface area (Å²) >= 11 is 0. The monoisotopic (exact) mass is 205 g/mol. The van der Waals surface area contributed by atoms with Gasteiger partial charge in [-0.05, 0) is 12.6 Å². The van der Waals surface area contributed by atoms with Crippen LogP contribution in [0.1, 0.15) is 5.56 Å². The first-order valence-electron chi connectivity index (χ1n) is 4.78. The lowest BCUT2D eigenvalue weighted by atomic mass is 10.2. The number of hydrogen-bond donors (Lipinski definition) is 1. The highest BCUT2D eigenvalue weighted by atomic mass is 16.5. The van der Waals surface area contributed by atoms with Gasteiger partial charge >= 0.3 is 5.97 Å². The molecule has 1 rings (SSSR count). The van der Waals surface area contributed by atoms with Crippen molar-refractivity contribution in [2.75, 3.05) is 7.05 Å². The first-order chi connectivity index (χ1) is 7.27. The Morgan fingerprint density at radius 3 is 2.73 bits per heavy atom. The van der Waals surface area contributed by atoms with Gasteiger partial charge in [0.1, 0.15) is 12.6 Å². The SMILES string of the molecule is C=C[C@H](NC)C(=O)OCc1ccccc1. The van der Waals surface area contributed by atoms with Gasteiger partial charge in [-0.15, -0.1) is 6.58 Å². The van der Waals surface area contributed by atoms with Crippen LogP contribution >= 0.6 is 0 Å². The van der Waals surface area contributed by atoms with Crippen molar-refractivity contribution in [3.63, 3.8) is 0 Å². The molecule has 0 aliphatic heterocycles. The van der Waals surface area contributed by atoms with Gasteiger partial charge in [0.15, 0.2) is 0 Å². The molecule has 0 aliphatic rings. The van der Waals surface area contributed by atoms with Crippen LogP contribution in [0.25, 0.3) is 0 Å². The maximum atomic E-state index is 11.4. The molecule has 3 heteroatoms. The fourth-order valence-electron chi connectivity index (χ4n) is 1.15. The zero-order valence-electron chi connectivity index (χ0n) is 8.77. The van der Waals surface area contributed by atoms with Crippen molar-refractivity contribution >= 4 is 5.97 Å². The molecule has 80 valence electrons. The third kappa shape index (κ3) is 3.56. The van der Waals surface area contributed by atoms with E-state index in [1.54, 1.807) is 7.05 Å². The van der Waals surface area contributed by atoms with Crippen LogP contribution in [0.3, 0.4) is 0 Å². The minimum Gasteiger partial charge on any atom is -0.459 e. The molecule has 15 heavy (non-hydrogen) atoms. The molecule has 0 fully saturated rings. The molecule has 1 N–H and O–H groups in total. The summed E-state index contributed by atoms with van der Waals surface area (Å²) in [4.78, 5) is 11.4. The molecule has 3 nitrogen and oxygen atoms in total. The molecular weight excluding hydrogens is 190 g/mol. The average Bonchev–Trinajstić information content (AvgIpc) is 2.29. The Morgan fingerprint density at radius 1 is 1.53 bits per heavy atom. The second-order valence-electron chi connectivity index (χ2n) is 3.10. The quantitative estimate of drug-likeness (QED) is 0.585. The Bertz CT molecular complexity index is 322. The van der Waals surface area contributed by atoms with Crippen LogP contribution in [-0.4, -0.2) is 19.1 Å². The van der Waals surface area contributed by atoms with Gasteiger partial charge in [0.2, 0.25) is 0 Å². The Morgan fingerprint density at radius 2 is 2.20 bits per heavy atom. The lowest BCUT2D eigenvalue weighted by Crippen LogP contribution is -2.33. The summed E-state index contributed by atoms with van der Waals surface area (Å²) in [6, 6.07) is 9.13. The van der Waals surface area contributed by atoms with Crippen LogP contribution in [0, 0.1) is 0 Å². The lowest BCUT2D eigenvalue weighted by molar-refractivity contribution is -0.146. The first-order valence-corrected chi connectivity index (χ1v) is 4.78. The summed E-state index contributed by atoms with van der Waals surface area (Å²) < 4.78 is 5.10. The number of hydrogen-bond acceptors (Lipinski definition) is 3. The highest BCUT2D eigenvalue weighted by Crippen LogP contribution is 2.01. The predicted molar refractivity (Wildman–Crippen MR) is 59.3 cm³/mol. The fourth-order valence-corrected chi connectivity index (χ4v) is 1.15. The second kappa shape index (κ2) is 5.98. The molecule has 0 saturated carbocycles. The molecule has 0 radical (unpaired) electrons. The van der Waals surface area contributed by atoms with E-state index >= 15 is 0 Å². The number of ether oxygens (including phenoxy) is 1. The largest absolute Gasteiger partial charge is 0.459 e. The van der Waals surface area contributed by atoms with Crippen molar-refractivity contribution in [1.29, 1.82) is 0 Å². The van der Waals surface area contributed by atoms with Crippen molar-refractivity contribution in [1.82, 2.24) is 5.32 Å². The van der Waals surface area contributed by atoms with Gasteiger partial charge < -0.3 is 10.1 Å². The molecule has 1 atom stereocenters. The highest BCUT2D eigenvalue weighted by Gasteiger charge is 2.13. The van der Waals surface area contributed by atoms with E-state index < -0.39 is 6.04 Å². The zero-order valence-corrected chi connectivity index (χ0v) is 8.77. The lowest BCUT2D eigenvalue weighted by Gasteiger charge is -2.10. The zero-order chi connectivity index (χ0) is 11.1. The molecule has 0 heterocycles. The molecule has 0 aromatic heterocycles. The topological polar surface area (TPSA) is 38.3 Å². The predicted octanol–water partition coefficient (Wildman–Crippen LogP) is 1.50. The van der Waals surface area contributed by atoms with Gasteiger partial charge in [-0.25, -0.2) is 4.79 Å². The van der Waals surface area contributed by atoms with Crippen molar-refractivity contribution in [2.45, 2.75) is 12.6 Å². The van der Waals surface area contributed by atoms with E-state index in [-0.39, 0.29) is 5.97 Å². The number of nitrogens with one attached hydrogen (secondary N) is 1. The van der Waals surface area contributed by atoms with E-state index in [4.69, 9.17) is 4.74 Å². The van der Waals surface area contributed by atoms with E-state index in [9.17, 15) is 4.79 Å². The third-order valence-electron chi connectivity index (χ3n) is 2.02. The van der Waals surface area contributed by atoms with Gasteiger partial charge in [0.05, 0.1) is 0 Å². The van der Waals surface area contributed by atoms with Crippen LogP contribution in [0.15, 0.2) is 43.0 Å². The van der Waals surface area contributed by atoms with E-state index in [0.29, 0.717) is 6.61 Å². The van der Waals surface area contributed by atoms with Gasteiger partial charge in [-0.1, -0.05) is 36.4 Å². The van der Waals surface area contributed by atoms with Crippen molar-refractivity contribution in [2.24, 2.45) is 0 Å². The molecule has 0 bridgehead atoms. The van der Waals surface area contributed by atoms with E-state index in [0.717, 1.165) is 5.56 Å². The molecular formula is C12H15NO2. The number of rotatable bonds is 5. The Hall–Kier alpha value is -1.61. The van der Waals surface area contributed by atoms with Gasteiger partial charge in [0.25, 0.3) is 0 Å². The van der Waals surface area contributed by atoms with E-state index in [2.05, 4.69) is 11.9 Å².